The molecule has 0 spiro atoms. The van der Waals surface area contributed by atoms with Crippen molar-refractivity contribution in [2.75, 3.05) is 6.54 Å². The van der Waals surface area contributed by atoms with E-state index in [9.17, 15) is 14.7 Å². The quantitative estimate of drug-likeness (QED) is 0.899. The third kappa shape index (κ3) is 3.74. The molecule has 1 aliphatic rings. The van der Waals surface area contributed by atoms with Gasteiger partial charge in [-0.15, -0.1) is 0 Å². The van der Waals surface area contributed by atoms with Crippen LogP contribution in [-0.4, -0.2) is 34.6 Å². The number of hydrogen-bond acceptors (Lipinski definition) is 2. The zero-order chi connectivity index (χ0) is 15.4. The molecule has 2 rings (SSSR count). The molecule has 1 saturated heterocycles. The van der Waals surface area contributed by atoms with Crippen LogP contribution in [0.4, 0.5) is 4.79 Å². The van der Waals surface area contributed by atoms with Gasteiger partial charge in [0.2, 0.25) is 0 Å². The first-order valence-corrected chi connectivity index (χ1v) is 7.34. The molecule has 0 bridgehead atoms. The zero-order valence-corrected chi connectivity index (χ0v) is 12.5. The Morgan fingerprint density at radius 3 is 2.52 bits per heavy atom. The number of carbonyl (C=O) groups is 2. The van der Waals surface area contributed by atoms with Gasteiger partial charge in [0, 0.05) is 12.6 Å². The molecule has 0 radical (unpaired) electrons. The van der Waals surface area contributed by atoms with Crippen LogP contribution < -0.4 is 5.32 Å². The summed E-state index contributed by atoms with van der Waals surface area (Å²) < 4.78 is 0. The number of carbonyl (C=O) groups excluding carboxylic acids is 1. The lowest BCUT2D eigenvalue weighted by molar-refractivity contribution is -0.139. The van der Waals surface area contributed by atoms with Gasteiger partial charge in [0.1, 0.15) is 0 Å². The van der Waals surface area contributed by atoms with Gasteiger partial charge in [0.05, 0.1) is 0 Å². The first kappa shape index (κ1) is 15.4. The third-order valence-electron chi connectivity index (χ3n) is 4.05. The maximum absolute atomic E-state index is 12.4. The van der Waals surface area contributed by atoms with Gasteiger partial charge in [-0.05, 0) is 31.2 Å². The number of urea groups is 1. The number of likely N-dealkylation sites (tertiary alicyclic amines) is 1. The van der Waals surface area contributed by atoms with Crippen molar-refractivity contribution in [2.24, 2.45) is 5.92 Å². The van der Waals surface area contributed by atoms with E-state index in [1.807, 2.05) is 13.0 Å². The maximum atomic E-state index is 12.4. The maximum Gasteiger partial charge on any atom is 0.330 e. The second-order valence-electron chi connectivity index (χ2n) is 5.80. The Kier molecular flexibility index (Phi) is 4.83. The molecule has 114 valence electrons. The van der Waals surface area contributed by atoms with Gasteiger partial charge in [-0.2, -0.15) is 0 Å². The molecular formula is C16H22N2O3. The largest absolute Gasteiger partial charge is 0.479 e. The molecule has 5 nitrogen and oxygen atoms in total. The Bertz CT molecular complexity index is 504. The van der Waals surface area contributed by atoms with Gasteiger partial charge in [-0.1, -0.05) is 37.3 Å². The first-order chi connectivity index (χ1) is 9.99. The van der Waals surface area contributed by atoms with Crippen LogP contribution in [0.5, 0.6) is 0 Å². The Morgan fingerprint density at radius 1 is 1.29 bits per heavy atom. The zero-order valence-electron chi connectivity index (χ0n) is 12.5. The number of hydrogen-bond donors (Lipinski definition) is 2. The molecule has 1 fully saturated rings. The lowest BCUT2D eigenvalue weighted by atomic mass is 9.94. The molecule has 3 unspecified atom stereocenters. The molecule has 0 aromatic heterocycles. The number of carboxylic acid groups (broad SMARTS) is 1. The number of amides is 2. The number of piperidine rings is 1. The van der Waals surface area contributed by atoms with Gasteiger partial charge in [0.25, 0.3) is 0 Å². The number of benzene rings is 1. The molecule has 5 heteroatoms. The van der Waals surface area contributed by atoms with Gasteiger partial charge in [-0.3, -0.25) is 0 Å². The predicted molar refractivity (Wildman–Crippen MR) is 79.9 cm³/mol. The minimum atomic E-state index is -1.05. The average molecular weight is 290 g/mol. The minimum Gasteiger partial charge on any atom is -0.479 e. The Morgan fingerprint density at radius 2 is 1.95 bits per heavy atom. The van der Waals surface area contributed by atoms with Gasteiger partial charge >= 0.3 is 12.0 Å². The highest BCUT2D eigenvalue weighted by molar-refractivity contribution is 5.83. The number of carboxylic acids is 1. The number of aliphatic carboxylic acids is 1. The smallest absolute Gasteiger partial charge is 0.330 e. The van der Waals surface area contributed by atoms with Crippen LogP contribution in [0.25, 0.3) is 0 Å². The minimum absolute atomic E-state index is 0.138. The molecule has 0 saturated carbocycles. The van der Waals surface area contributed by atoms with Crippen molar-refractivity contribution < 1.29 is 14.7 Å². The van der Waals surface area contributed by atoms with Crippen LogP contribution in [0.15, 0.2) is 30.3 Å². The van der Waals surface area contributed by atoms with Gasteiger partial charge in [-0.25, -0.2) is 9.59 Å². The molecule has 1 aliphatic heterocycles. The first-order valence-electron chi connectivity index (χ1n) is 7.34. The Hall–Kier alpha value is -2.04. The summed E-state index contributed by atoms with van der Waals surface area (Å²) in [6.45, 7) is 4.86. The molecule has 2 N–H and O–H groups in total. The molecule has 0 aliphatic carbocycles. The summed E-state index contributed by atoms with van der Waals surface area (Å²) in [5, 5.41) is 12.0. The summed E-state index contributed by atoms with van der Waals surface area (Å²) in [6, 6.07) is 7.60. The van der Waals surface area contributed by atoms with E-state index in [0.717, 1.165) is 12.8 Å². The van der Waals surface area contributed by atoms with Crippen molar-refractivity contribution in [2.45, 2.75) is 38.8 Å². The number of nitrogens with zero attached hydrogens (tertiary/aromatic N) is 1. The third-order valence-corrected chi connectivity index (χ3v) is 4.05. The van der Waals surface area contributed by atoms with Crippen LogP contribution >= 0.6 is 0 Å². The molecule has 1 aromatic carbocycles. The second kappa shape index (κ2) is 6.61. The van der Waals surface area contributed by atoms with Crippen molar-refractivity contribution in [3.63, 3.8) is 0 Å². The summed E-state index contributed by atoms with van der Waals surface area (Å²) in [7, 11) is 0. The predicted octanol–water partition coefficient (Wildman–Crippen LogP) is 2.64. The van der Waals surface area contributed by atoms with Crippen molar-refractivity contribution in [3.05, 3.63) is 35.9 Å². The van der Waals surface area contributed by atoms with E-state index < -0.39 is 12.0 Å². The molecule has 1 aromatic rings. The van der Waals surface area contributed by atoms with Gasteiger partial charge < -0.3 is 15.3 Å². The normalized spacial score (nSPS) is 23.4. The molecule has 2 amide bonds. The van der Waals surface area contributed by atoms with Crippen molar-refractivity contribution in [1.29, 1.82) is 0 Å². The highest BCUT2D eigenvalue weighted by atomic mass is 16.4. The Labute approximate surface area is 125 Å². The fraction of sp³-hybridized carbons (Fsp3) is 0.500. The summed E-state index contributed by atoms with van der Waals surface area (Å²) >= 11 is 0. The van der Waals surface area contributed by atoms with E-state index >= 15 is 0 Å². The summed E-state index contributed by atoms with van der Waals surface area (Å²) in [6.07, 6.45) is 1.91. The molecule has 1 heterocycles. The van der Waals surface area contributed by atoms with E-state index in [4.69, 9.17) is 0 Å². The van der Waals surface area contributed by atoms with Crippen LogP contribution in [0, 0.1) is 5.92 Å². The van der Waals surface area contributed by atoms with Crippen LogP contribution in [-0.2, 0) is 4.79 Å². The monoisotopic (exact) mass is 290 g/mol. The van der Waals surface area contributed by atoms with Crippen molar-refractivity contribution in [3.8, 4) is 0 Å². The standard InChI is InChI=1S/C16H22N2O3/c1-11-8-9-18(12(2)10-11)16(21)17-14(15(19)20)13-6-4-3-5-7-13/h3-7,11-12,14H,8-10H2,1-2H3,(H,17,21)(H,19,20). The average Bonchev–Trinajstić information content (AvgIpc) is 2.45. The van der Waals surface area contributed by atoms with Crippen LogP contribution in [0.3, 0.4) is 0 Å². The van der Waals surface area contributed by atoms with Crippen LogP contribution in [0.1, 0.15) is 38.3 Å². The van der Waals surface area contributed by atoms with Crippen molar-refractivity contribution >= 4 is 12.0 Å². The lowest BCUT2D eigenvalue weighted by Gasteiger charge is -2.37. The number of rotatable bonds is 3. The second-order valence-corrected chi connectivity index (χ2v) is 5.80. The van der Waals surface area contributed by atoms with E-state index in [1.54, 1.807) is 29.2 Å². The van der Waals surface area contributed by atoms with E-state index in [0.29, 0.717) is 18.0 Å². The Balaban J connectivity index is 2.07. The van der Waals surface area contributed by atoms with Crippen LogP contribution in [0.2, 0.25) is 0 Å². The molecule has 3 atom stereocenters. The topological polar surface area (TPSA) is 69.6 Å². The SMILES string of the molecule is CC1CCN(C(=O)NC(C(=O)O)c2ccccc2)C(C)C1. The lowest BCUT2D eigenvalue weighted by Crippen LogP contribution is -2.50. The summed E-state index contributed by atoms with van der Waals surface area (Å²) in [5.74, 6) is -0.443. The summed E-state index contributed by atoms with van der Waals surface area (Å²) in [5.41, 5.74) is 0.580. The highest BCUT2D eigenvalue weighted by Gasteiger charge is 2.30. The van der Waals surface area contributed by atoms with E-state index in [2.05, 4.69) is 12.2 Å². The molecule has 21 heavy (non-hydrogen) atoms. The van der Waals surface area contributed by atoms with Crippen molar-refractivity contribution in [1.82, 2.24) is 10.2 Å². The molecular weight excluding hydrogens is 268 g/mol. The fourth-order valence-electron chi connectivity index (χ4n) is 2.85. The summed E-state index contributed by atoms with van der Waals surface area (Å²) in [4.78, 5) is 25.5. The van der Waals surface area contributed by atoms with E-state index in [1.165, 1.54) is 0 Å². The van der Waals surface area contributed by atoms with E-state index in [-0.39, 0.29) is 12.1 Å². The highest BCUT2D eigenvalue weighted by Crippen LogP contribution is 2.23. The fourth-order valence-corrected chi connectivity index (χ4v) is 2.85. The van der Waals surface area contributed by atoms with Gasteiger partial charge in [0.15, 0.2) is 6.04 Å². The number of nitrogens with one attached hydrogen (secondary N) is 1.